The zero-order chi connectivity index (χ0) is 17.0. The Morgan fingerprint density at radius 3 is 2.52 bits per heavy atom. The number of carbonyl (C=O) groups excluding carboxylic acids is 2. The third-order valence-corrected chi connectivity index (χ3v) is 3.50. The van der Waals surface area contributed by atoms with E-state index < -0.39 is 12.0 Å². The number of aryl methyl sites for hydroxylation is 1. The molecule has 2 rings (SSSR count). The second kappa shape index (κ2) is 7.13. The molecule has 0 saturated carbocycles. The molecule has 0 bridgehead atoms. The summed E-state index contributed by atoms with van der Waals surface area (Å²) in [6, 6.07) is 3.06. The summed E-state index contributed by atoms with van der Waals surface area (Å²) in [6.07, 6.45) is 5.67. The van der Waals surface area contributed by atoms with Crippen LogP contribution in [0.15, 0.2) is 30.7 Å². The van der Waals surface area contributed by atoms with Crippen LogP contribution < -0.4 is 5.32 Å². The van der Waals surface area contributed by atoms with Gasteiger partial charge in [-0.25, -0.2) is 4.79 Å². The molecule has 1 N–H and O–H groups in total. The quantitative estimate of drug-likeness (QED) is 0.819. The molecule has 0 aliphatic rings. The van der Waals surface area contributed by atoms with Gasteiger partial charge in [-0.15, -0.1) is 0 Å². The number of rotatable bonds is 6. The lowest BCUT2D eigenvalue weighted by Gasteiger charge is -2.18. The van der Waals surface area contributed by atoms with Crippen LogP contribution in [0.25, 0.3) is 5.82 Å². The van der Waals surface area contributed by atoms with Crippen LogP contribution in [-0.4, -0.2) is 39.4 Å². The van der Waals surface area contributed by atoms with Gasteiger partial charge in [0.1, 0.15) is 17.4 Å². The van der Waals surface area contributed by atoms with E-state index in [-0.39, 0.29) is 11.8 Å². The molecule has 1 amide bonds. The molecule has 0 spiro atoms. The second-order valence-electron chi connectivity index (χ2n) is 5.77. The van der Waals surface area contributed by atoms with Gasteiger partial charge in [0.15, 0.2) is 0 Å². The molecule has 0 aliphatic heterocycles. The Morgan fingerprint density at radius 2 is 1.96 bits per heavy atom. The van der Waals surface area contributed by atoms with Crippen LogP contribution in [0.3, 0.4) is 0 Å². The molecule has 0 radical (unpaired) electrons. The number of nitrogens with zero attached hydrogens (tertiary/aromatic N) is 3. The average Bonchev–Trinajstić information content (AvgIpc) is 3.13. The fourth-order valence-electron chi connectivity index (χ4n) is 2.44. The van der Waals surface area contributed by atoms with Crippen LogP contribution in [-0.2, 0) is 16.6 Å². The standard InChI is InChI=1S/C16H22N4O3/c1-11(2)9-13(16(22)23-4)18-14(21)12-10-17-19(3)15(12)20-7-5-6-8-20/h5-8,10-11,13H,9H2,1-4H3,(H,18,21)/t13-/m1/s1. The van der Waals surface area contributed by atoms with E-state index in [1.165, 1.54) is 13.3 Å². The van der Waals surface area contributed by atoms with Gasteiger partial charge in [0.05, 0.1) is 13.3 Å². The van der Waals surface area contributed by atoms with Gasteiger partial charge in [0, 0.05) is 19.4 Å². The van der Waals surface area contributed by atoms with Crippen LogP contribution >= 0.6 is 0 Å². The van der Waals surface area contributed by atoms with E-state index in [1.54, 1.807) is 16.3 Å². The molecular formula is C16H22N4O3. The smallest absolute Gasteiger partial charge is 0.328 e. The summed E-state index contributed by atoms with van der Waals surface area (Å²) in [5, 5.41) is 6.90. The fourth-order valence-corrected chi connectivity index (χ4v) is 2.44. The molecule has 2 aromatic heterocycles. The lowest BCUT2D eigenvalue weighted by molar-refractivity contribution is -0.143. The van der Waals surface area contributed by atoms with Crippen molar-refractivity contribution in [1.82, 2.24) is 19.7 Å². The first-order chi connectivity index (χ1) is 10.9. The van der Waals surface area contributed by atoms with Crippen molar-refractivity contribution in [2.24, 2.45) is 13.0 Å². The maximum atomic E-state index is 12.6. The number of nitrogens with one attached hydrogen (secondary N) is 1. The first kappa shape index (κ1) is 16.8. The van der Waals surface area contributed by atoms with E-state index >= 15 is 0 Å². The minimum absolute atomic E-state index is 0.247. The molecule has 0 unspecified atom stereocenters. The van der Waals surface area contributed by atoms with Gasteiger partial charge in [0.25, 0.3) is 5.91 Å². The molecule has 1 atom stereocenters. The fraction of sp³-hybridized carbons (Fsp3) is 0.438. The monoisotopic (exact) mass is 318 g/mol. The molecule has 0 aliphatic carbocycles. The van der Waals surface area contributed by atoms with Gasteiger partial charge < -0.3 is 14.6 Å². The van der Waals surface area contributed by atoms with E-state index in [9.17, 15) is 9.59 Å². The summed E-state index contributed by atoms with van der Waals surface area (Å²) in [5.41, 5.74) is 0.404. The molecular weight excluding hydrogens is 296 g/mol. The summed E-state index contributed by atoms with van der Waals surface area (Å²) in [7, 11) is 3.08. The highest BCUT2D eigenvalue weighted by Crippen LogP contribution is 2.15. The number of ether oxygens (including phenoxy) is 1. The molecule has 0 saturated heterocycles. The van der Waals surface area contributed by atoms with Gasteiger partial charge >= 0.3 is 5.97 Å². The third-order valence-electron chi connectivity index (χ3n) is 3.50. The molecule has 23 heavy (non-hydrogen) atoms. The zero-order valence-electron chi connectivity index (χ0n) is 13.8. The van der Waals surface area contributed by atoms with Crippen molar-refractivity contribution in [1.29, 1.82) is 0 Å². The topological polar surface area (TPSA) is 78.2 Å². The number of esters is 1. The SMILES string of the molecule is COC(=O)[C@@H](CC(C)C)NC(=O)c1cnn(C)c1-n1cccc1. The van der Waals surface area contributed by atoms with E-state index in [2.05, 4.69) is 10.4 Å². The molecule has 0 aromatic carbocycles. The van der Waals surface area contributed by atoms with Crippen molar-refractivity contribution in [3.05, 3.63) is 36.3 Å². The van der Waals surface area contributed by atoms with Crippen molar-refractivity contribution < 1.29 is 14.3 Å². The summed E-state index contributed by atoms with van der Waals surface area (Å²) in [5.74, 6) is 0.0918. The van der Waals surface area contributed by atoms with Crippen molar-refractivity contribution >= 4 is 11.9 Å². The van der Waals surface area contributed by atoms with Gasteiger partial charge in [-0.3, -0.25) is 9.48 Å². The minimum atomic E-state index is -0.676. The number of carbonyl (C=O) groups is 2. The van der Waals surface area contributed by atoms with Gasteiger partial charge in [0.2, 0.25) is 0 Å². The second-order valence-corrected chi connectivity index (χ2v) is 5.77. The number of hydrogen-bond donors (Lipinski definition) is 1. The van der Waals surface area contributed by atoms with E-state index in [1.807, 2.05) is 38.4 Å². The Morgan fingerprint density at radius 1 is 1.30 bits per heavy atom. The summed E-state index contributed by atoms with van der Waals surface area (Å²) >= 11 is 0. The molecule has 124 valence electrons. The van der Waals surface area contributed by atoms with E-state index in [0.717, 1.165) is 0 Å². The number of amides is 1. The van der Waals surface area contributed by atoms with Gasteiger partial charge in [-0.1, -0.05) is 13.8 Å². The van der Waals surface area contributed by atoms with Crippen molar-refractivity contribution in [2.75, 3.05) is 7.11 Å². The normalized spacial score (nSPS) is 12.2. The Hall–Kier alpha value is -2.57. The van der Waals surface area contributed by atoms with Crippen LogP contribution in [0, 0.1) is 5.92 Å². The highest BCUT2D eigenvalue weighted by Gasteiger charge is 2.25. The predicted molar refractivity (Wildman–Crippen MR) is 85.3 cm³/mol. The van der Waals surface area contributed by atoms with Gasteiger partial charge in [-0.2, -0.15) is 5.10 Å². The van der Waals surface area contributed by atoms with Gasteiger partial charge in [-0.05, 0) is 24.5 Å². The molecule has 2 heterocycles. The van der Waals surface area contributed by atoms with E-state index in [0.29, 0.717) is 17.8 Å². The maximum Gasteiger partial charge on any atom is 0.328 e. The lowest BCUT2D eigenvalue weighted by Crippen LogP contribution is -2.42. The van der Waals surface area contributed by atoms with Crippen LogP contribution in [0.4, 0.5) is 0 Å². The Kier molecular flexibility index (Phi) is 5.20. The molecule has 2 aromatic rings. The lowest BCUT2D eigenvalue weighted by atomic mass is 10.0. The minimum Gasteiger partial charge on any atom is -0.467 e. The molecule has 7 nitrogen and oxygen atoms in total. The van der Waals surface area contributed by atoms with Crippen LogP contribution in [0.5, 0.6) is 0 Å². The molecule has 7 heteroatoms. The zero-order valence-corrected chi connectivity index (χ0v) is 13.8. The predicted octanol–water partition coefficient (Wildman–Crippen LogP) is 1.53. The van der Waals surface area contributed by atoms with Crippen LogP contribution in [0.2, 0.25) is 0 Å². The Labute approximate surface area is 135 Å². The Balaban J connectivity index is 2.25. The number of aromatic nitrogens is 3. The highest BCUT2D eigenvalue weighted by molar-refractivity contribution is 5.99. The van der Waals surface area contributed by atoms with Crippen molar-refractivity contribution in [3.8, 4) is 5.82 Å². The summed E-state index contributed by atoms with van der Waals surface area (Å²) in [4.78, 5) is 24.5. The average molecular weight is 318 g/mol. The first-order valence-electron chi connectivity index (χ1n) is 7.48. The number of methoxy groups -OCH3 is 1. The van der Waals surface area contributed by atoms with Crippen LogP contribution in [0.1, 0.15) is 30.6 Å². The number of hydrogen-bond acceptors (Lipinski definition) is 4. The van der Waals surface area contributed by atoms with Crippen molar-refractivity contribution in [2.45, 2.75) is 26.3 Å². The summed E-state index contributed by atoms with van der Waals surface area (Å²) in [6.45, 7) is 3.97. The van der Waals surface area contributed by atoms with Crippen molar-refractivity contribution in [3.63, 3.8) is 0 Å². The first-order valence-corrected chi connectivity index (χ1v) is 7.48. The largest absolute Gasteiger partial charge is 0.467 e. The summed E-state index contributed by atoms with van der Waals surface area (Å²) < 4.78 is 8.20. The Bertz CT molecular complexity index is 674. The molecule has 0 fully saturated rings. The van der Waals surface area contributed by atoms with E-state index in [4.69, 9.17) is 4.74 Å². The third kappa shape index (κ3) is 3.80. The maximum absolute atomic E-state index is 12.6. The highest BCUT2D eigenvalue weighted by atomic mass is 16.5.